The van der Waals surface area contributed by atoms with Gasteiger partial charge in [0.2, 0.25) is 3.79 Å². The fraction of sp³-hybridized carbons (Fsp3) is 0.909. The summed E-state index contributed by atoms with van der Waals surface area (Å²) in [6.07, 6.45) is -5.05. The van der Waals surface area contributed by atoms with Crippen LogP contribution in [-0.2, 0) is 13.9 Å². The lowest BCUT2D eigenvalue weighted by Gasteiger charge is -2.32. The molecular formula is C11H23Cl3F3NO7P2S2+2. The minimum atomic E-state index is -4.51. The van der Waals surface area contributed by atoms with E-state index >= 15 is 0 Å². The van der Waals surface area contributed by atoms with Crippen molar-refractivity contribution in [1.82, 2.24) is 4.90 Å². The van der Waals surface area contributed by atoms with Gasteiger partial charge in [0, 0.05) is 14.1 Å². The Balaban J connectivity index is -0.000000165. The molecule has 0 aliphatic carbocycles. The highest BCUT2D eigenvalue weighted by molar-refractivity contribution is 8.38. The molecule has 0 fully saturated rings. The number of nitrogens with zero attached hydrogens (tertiary/aromatic N) is 1. The minimum Gasteiger partial charge on any atom is -0.439 e. The molecule has 0 heterocycles. The van der Waals surface area contributed by atoms with Gasteiger partial charge in [0.15, 0.2) is 11.2 Å². The molecule has 0 aromatic carbocycles. The van der Waals surface area contributed by atoms with Gasteiger partial charge >= 0.3 is 26.7 Å². The van der Waals surface area contributed by atoms with Crippen LogP contribution in [0.2, 0.25) is 0 Å². The largest absolute Gasteiger partial charge is 0.579 e. The number of rotatable bonds is 1. The van der Waals surface area contributed by atoms with E-state index < -0.39 is 41.7 Å². The van der Waals surface area contributed by atoms with E-state index in [1.807, 2.05) is 0 Å². The average molecular weight is 571 g/mol. The number of carbonyl (C=O) groups is 1. The van der Waals surface area contributed by atoms with Gasteiger partial charge in [-0.05, 0) is 36.8 Å². The molecule has 0 aromatic heterocycles. The fourth-order valence-corrected chi connectivity index (χ4v) is 0.483. The van der Waals surface area contributed by atoms with Crippen LogP contribution in [0.3, 0.4) is 0 Å². The van der Waals surface area contributed by atoms with Crippen molar-refractivity contribution in [3.63, 3.8) is 0 Å². The van der Waals surface area contributed by atoms with E-state index in [0.29, 0.717) is 13.8 Å². The molecule has 2 atom stereocenters. The van der Waals surface area contributed by atoms with Gasteiger partial charge in [-0.25, -0.2) is 4.79 Å². The van der Waals surface area contributed by atoms with Crippen molar-refractivity contribution in [2.24, 2.45) is 0 Å². The van der Waals surface area contributed by atoms with Crippen LogP contribution in [0, 0.1) is 0 Å². The van der Waals surface area contributed by atoms with E-state index in [2.05, 4.69) is 24.5 Å². The molecule has 0 saturated carbocycles. The molecule has 0 saturated heterocycles. The van der Waals surface area contributed by atoms with Gasteiger partial charge < -0.3 is 14.7 Å². The molecule has 0 aliphatic rings. The van der Waals surface area contributed by atoms with Gasteiger partial charge in [0.25, 0.3) is 0 Å². The zero-order valence-corrected chi connectivity index (χ0v) is 21.8. The monoisotopic (exact) mass is 569 g/mol. The number of halogens is 6. The van der Waals surface area contributed by atoms with Crippen LogP contribution in [0.15, 0.2) is 0 Å². The highest BCUT2D eigenvalue weighted by Crippen LogP contribution is 2.40. The number of alkyl halides is 6. The Hall–Kier alpha value is 0.710. The van der Waals surface area contributed by atoms with E-state index in [0.717, 1.165) is 0 Å². The average Bonchev–Trinajstić information content (AvgIpc) is 2.33. The number of ether oxygens (including phenoxy) is 1. The SMILES string of the molecule is CC(C)(O)C(F)(F)F.CN(C)C(=O)OC(C)(C)C(Cl)(Cl)Cl.O=[P+](O)S.O=[P+](O)S. The molecule has 2 unspecified atom stereocenters. The molecule has 176 valence electrons. The lowest BCUT2D eigenvalue weighted by molar-refractivity contribution is -0.245. The van der Waals surface area contributed by atoms with Crippen LogP contribution in [0.4, 0.5) is 18.0 Å². The molecule has 0 bridgehead atoms. The zero-order valence-electron chi connectivity index (χ0n) is 16.0. The molecule has 3 N–H and O–H groups in total. The molecule has 0 radical (unpaired) electrons. The highest BCUT2D eigenvalue weighted by Gasteiger charge is 2.45. The second-order valence-corrected chi connectivity index (χ2v) is 11.2. The molecule has 8 nitrogen and oxygen atoms in total. The van der Waals surface area contributed by atoms with E-state index in [9.17, 15) is 18.0 Å². The second-order valence-electron chi connectivity index (χ2n) is 5.83. The van der Waals surface area contributed by atoms with Crippen LogP contribution >= 0.6 is 73.8 Å². The summed E-state index contributed by atoms with van der Waals surface area (Å²) in [4.78, 5) is 27.3. The Morgan fingerprint density at radius 3 is 1.28 bits per heavy atom. The number of hydrogen-bond donors (Lipinski definition) is 5. The van der Waals surface area contributed by atoms with Crippen LogP contribution in [0.1, 0.15) is 27.7 Å². The summed E-state index contributed by atoms with van der Waals surface area (Å²) < 4.78 is 55.3. The van der Waals surface area contributed by atoms with E-state index in [4.69, 9.17) is 63.6 Å². The summed E-state index contributed by atoms with van der Waals surface area (Å²) >= 11 is 22.9. The lowest BCUT2D eigenvalue weighted by Crippen LogP contribution is -2.43. The predicted molar refractivity (Wildman–Crippen MR) is 115 cm³/mol. The van der Waals surface area contributed by atoms with E-state index in [1.54, 1.807) is 14.1 Å². The normalized spacial score (nSPS) is 12.6. The lowest BCUT2D eigenvalue weighted by atomic mass is 10.1. The maximum Gasteiger partial charge on any atom is 0.579 e. The molecule has 29 heavy (non-hydrogen) atoms. The number of carbonyl (C=O) groups excluding carboxylic acids is 1. The van der Waals surface area contributed by atoms with Crippen LogP contribution < -0.4 is 0 Å². The third-order valence-electron chi connectivity index (χ3n) is 2.08. The summed E-state index contributed by atoms with van der Waals surface area (Å²) in [6, 6.07) is 0. The Morgan fingerprint density at radius 1 is 0.966 bits per heavy atom. The van der Waals surface area contributed by atoms with Gasteiger partial charge in [-0.1, -0.05) is 34.8 Å². The predicted octanol–water partition coefficient (Wildman–Crippen LogP) is 5.28. The quantitative estimate of drug-likeness (QED) is 0.165. The molecule has 1 amide bonds. The number of hydrogen-bond acceptors (Lipinski definition) is 5. The smallest absolute Gasteiger partial charge is 0.439 e. The Kier molecular flexibility index (Phi) is 19.8. The van der Waals surface area contributed by atoms with Gasteiger partial charge in [-0.3, -0.25) is 0 Å². The summed E-state index contributed by atoms with van der Waals surface area (Å²) in [5, 5.41) is 8.23. The number of aliphatic hydroxyl groups is 1. The first-order valence-corrected chi connectivity index (χ1v) is 12.6. The van der Waals surface area contributed by atoms with Crippen LogP contribution in [0.5, 0.6) is 0 Å². The van der Waals surface area contributed by atoms with Crippen molar-refractivity contribution in [2.75, 3.05) is 14.1 Å². The maximum absolute atomic E-state index is 11.3. The van der Waals surface area contributed by atoms with Gasteiger partial charge in [0.05, 0.1) is 0 Å². The number of thiol groups is 2. The van der Waals surface area contributed by atoms with Crippen molar-refractivity contribution < 1.29 is 46.7 Å². The summed E-state index contributed by atoms with van der Waals surface area (Å²) in [7, 11) is -1.25. The Bertz CT molecular complexity index is 499. The third-order valence-corrected chi connectivity index (χ3v) is 3.45. The van der Waals surface area contributed by atoms with Crippen molar-refractivity contribution >= 4 is 79.9 Å². The van der Waals surface area contributed by atoms with Gasteiger partial charge in [0.1, 0.15) is 24.5 Å². The first-order chi connectivity index (χ1) is 12.3. The number of amides is 1. The summed E-state index contributed by atoms with van der Waals surface area (Å²) in [6.45, 7) is 4.46. The van der Waals surface area contributed by atoms with Crippen molar-refractivity contribution in [3.8, 4) is 0 Å². The van der Waals surface area contributed by atoms with Crippen molar-refractivity contribution in [2.45, 2.75) is 48.9 Å². The fourth-order valence-electron chi connectivity index (χ4n) is 0.367. The summed E-state index contributed by atoms with van der Waals surface area (Å²) in [5.41, 5.74) is -3.72. The Morgan fingerprint density at radius 2 is 1.17 bits per heavy atom. The topological polar surface area (TPSA) is 124 Å². The van der Waals surface area contributed by atoms with Crippen molar-refractivity contribution in [1.29, 1.82) is 0 Å². The summed E-state index contributed by atoms with van der Waals surface area (Å²) in [5.74, 6) is 0. The first kappa shape index (κ1) is 37.0. The molecule has 0 aliphatic heterocycles. The molecule has 0 rings (SSSR count). The first-order valence-electron chi connectivity index (χ1n) is 6.75. The minimum absolute atomic E-state index is 0.545. The Labute approximate surface area is 194 Å². The maximum atomic E-state index is 11.3. The third kappa shape index (κ3) is 26.7. The molecular weight excluding hydrogens is 548 g/mol. The molecule has 0 spiro atoms. The second kappa shape index (κ2) is 15.5. The standard InChI is InChI=1S/C7H12Cl3NO2.C4H7F3O.2HO2PS/c1-6(2,7(8,9)10)13-5(12)11(3)4;1-3(2,8)4(5,6)7;2*1-3(2)4/h1-4H3;8H,1-2H3;2*(H-,1,2,4)/p+2. The van der Waals surface area contributed by atoms with Gasteiger partial charge in [-0.15, -0.1) is 0 Å². The highest BCUT2D eigenvalue weighted by atomic mass is 35.6. The van der Waals surface area contributed by atoms with E-state index in [-0.39, 0.29) is 0 Å². The van der Waals surface area contributed by atoms with Crippen LogP contribution in [-0.4, -0.2) is 61.2 Å². The van der Waals surface area contributed by atoms with E-state index in [1.165, 1.54) is 18.7 Å². The van der Waals surface area contributed by atoms with Crippen molar-refractivity contribution in [3.05, 3.63) is 0 Å². The van der Waals surface area contributed by atoms with Crippen LogP contribution in [0.25, 0.3) is 0 Å². The molecule has 0 aromatic rings. The zero-order chi connectivity index (χ0) is 25.0. The van der Waals surface area contributed by atoms with Gasteiger partial charge in [-0.2, -0.15) is 23.0 Å². The molecule has 18 heteroatoms.